The molecule has 0 amide bonds. The van der Waals surface area contributed by atoms with Crippen molar-refractivity contribution >= 4 is 0 Å². The van der Waals surface area contributed by atoms with Crippen LogP contribution in [0.3, 0.4) is 0 Å². The lowest BCUT2D eigenvalue weighted by Crippen LogP contribution is -1.96. The molecule has 3 heteroatoms. The first-order valence-corrected chi connectivity index (χ1v) is 3.90. The minimum absolute atomic E-state index is 0.292. The van der Waals surface area contributed by atoms with Gasteiger partial charge in [0, 0.05) is 11.8 Å². The summed E-state index contributed by atoms with van der Waals surface area (Å²) in [5.41, 5.74) is 0.909. The summed E-state index contributed by atoms with van der Waals surface area (Å²) in [6.45, 7) is 0.292. The Kier molecular flexibility index (Phi) is 2.97. The topological polar surface area (TPSA) is 49.0 Å². The summed E-state index contributed by atoms with van der Waals surface area (Å²) in [6, 6.07) is 3.50. The molecule has 0 aliphatic rings. The van der Waals surface area contributed by atoms with Crippen molar-refractivity contribution in [2.24, 2.45) is 0 Å². The van der Waals surface area contributed by atoms with Gasteiger partial charge in [-0.15, -0.1) is 12.8 Å². The third kappa shape index (κ3) is 1.77. The second-order valence-corrected chi connectivity index (χ2v) is 2.67. The van der Waals surface area contributed by atoms with E-state index in [1.165, 1.54) is 6.07 Å². The van der Waals surface area contributed by atoms with Gasteiger partial charge in [-0.05, 0) is 6.07 Å². The van der Waals surface area contributed by atoms with Crippen molar-refractivity contribution in [2.45, 2.75) is 12.6 Å². The largest absolute Gasteiger partial charge is 0.376 e. The van der Waals surface area contributed by atoms with E-state index < -0.39 is 6.10 Å². The lowest BCUT2D eigenvalue weighted by atomic mass is 10.2. The quantitative estimate of drug-likeness (QED) is 0.686. The molecule has 1 atom stereocenters. The molecule has 1 unspecified atom stereocenters. The maximum absolute atomic E-state index is 9.32. The second kappa shape index (κ2) is 4.19. The summed E-state index contributed by atoms with van der Waals surface area (Å²) in [4.78, 5) is 0. The van der Waals surface area contributed by atoms with Crippen molar-refractivity contribution in [2.75, 3.05) is 0 Å². The van der Waals surface area contributed by atoms with Crippen molar-refractivity contribution in [1.29, 1.82) is 5.26 Å². The van der Waals surface area contributed by atoms with Crippen LogP contribution in [0, 0.1) is 36.0 Å². The predicted molar refractivity (Wildman–Crippen MR) is 51.8 cm³/mol. The van der Waals surface area contributed by atoms with Crippen molar-refractivity contribution in [3.63, 3.8) is 0 Å². The number of terminal acetylenes is 2. The first-order valence-electron chi connectivity index (χ1n) is 3.90. The highest BCUT2D eigenvalue weighted by Gasteiger charge is 2.09. The lowest BCUT2D eigenvalue weighted by molar-refractivity contribution is 0.238. The molecule has 68 valence electrons. The second-order valence-electron chi connectivity index (χ2n) is 2.67. The van der Waals surface area contributed by atoms with Gasteiger partial charge in [-0.25, -0.2) is 0 Å². The zero-order chi connectivity index (χ0) is 10.6. The van der Waals surface area contributed by atoms with E-state index in [4.69, 9.17) is 18.1 Å². The van der Waals surface area contributed by atoms with Gasteiger partial charge >= 0.3 is 0 Å². The monoisotopic (exact) mass is 184 g/mol. The standard InChI is InChI=1S/C11H8N2O/c1-3-5-13-8-9(11(14)4-2)6-10(13)7-12/h1-2,6,8,11,14H,5H2. The summed E-state index contributed by atoms with van der Waals surface area (Å²) in [6.07, 6.45) is 10.8. The van der Waals surface area contributed by atoms with Gasteiger partial charge in [-0.2, -0.15) is 5.26 Å². The van der Waals surface area contributed by atoms with Crippen LogP contribution in [0.4, 0.5) is 0 Å². The molecule has 0 aromatic carbocycles. The minimum atomic E-state index is -0.985. The fourth-order valence-corrected chi connectivity index (χ4v) is 1.10. The summed E-state index contributed by atoms with van der Waals surface area (Å²) in [5, 5.41) is 18.1. The number of hydrogen-bond donors (Lipinski definition) is 1. The molecule has 0 saturated heterocycles. The molecule has 1 heterocycles. The molecule has 1 aromatic heterocycles. The van der Waals surface area contributed by atoms with E-state index in [0.717, 1.165) is 0 Å². The molecule has 0 fully saturated rings. The first-order chi connectivity index (χ1) is 6.72. The molecule has 0 aliphatic carbocycles. The van der Waals surface area contributed by atoms with Gasteiger partial charge in [0.2, 0.25) is 0 Å². The Labute approximate surface area is 82.6 Å². The molecule has 0 saturated carbocycles. The highest BCUT2D eigenvalue weighted by atomic mass is 16.3. The predicted octanol–water partition coefficient (Wildman–Crippen LogP) is 0.660. The summed E-state index contributed by atoms with van der Waals surface area (Å²) < 4.78 is 1.57. The van der Waals surface area contributed by atoms with Crippen LogP contribution >= 0.6 is 0 Å². The number of hydrogen-bond acceptors (Lipinski definition) is 2. The minimum Gasteiger partial charge on any atom is -0.376 e. The number of nitrogens with zero attached hydrogens (tertiary/aromatic N) is 2. The van der Waals surface area contributed by atoms with E-state index in [0.29, 0.717) is 17.8 Å². The third-order valence-corrected chi connectivity index (χ3v) is 1.77. The Balaban J connectivity index is 3.11. The van der Waals surface area contributed by atoms with Gasteiger partial charge in [-0.3, -0.25) is 0 Å². The molecule has 14 heavy (non-hydrogen) atoms. The van der Waals surface area contributed by atoms with Gasteiger partial charge < -0.3 is 9.67 Å². The van der Waals surface area contributed by atoms with Gasteiger partial charge in [0.1, 0.15) is 17.9 Å². The zero-order valence-electron chi connectivity index (χ0n) is 7.44. The van der Waals surface area contributed by atoms with E-state index in [1.54, 1.807) is 10.8 Å². The van der Waals surface area contributed by atoms with Gasteiger partial charge in [0.15, 0.2) is 0 Å². The van der Waals surface area contributed by atoms with E-state index in [1.807, 2.05) is 6.07 Å². The third-order valence-electron chi connectivity index (χ3n) is 1.77. The van der Waals surface area contributed by atoms with E-state index in [2.05, 4.69) is 11.8 Å². The summed E-state index contributed by atoms with van der Waals surface area (Å²) in [7, 11) is 0. The Morgan fingerprint density at radius 3 is 2.79 bits per heavy atom. The van der Waals surface area contributed by atoms with Crippen LogP contribution in [0.2, 0.25) is 0 Å². The van der Waals surface area contributed by atoms with Crippen LogP contribution < -0.4 is 0 Å². The van der Waals surface area contributed by atoms with Crippen molar-refractivity contribution in [3.8, 4) is 30.8 Å². The Morgan fingerprint density at radius 1 is 1.57 bits per heavy atom. The Bertz CT molecular complexity index is 451. The Hall–Kier alpha value is -2.15. The number of aliphatic hydroxyl groups excluding tert-OH is 1. The average molecular weight is 184 g/mol. The van der Waals surface area contributed by atoms with Crippen molar-refractivity contribution in [3.05, 3.63) is 23.5 Å². The fourth-order valence-electron chi connectivity index (χ4n) is 1.10. The van der Waals surface area contributed by atoms with Crippen LogP contribution in [-0.2, 0) is 6.54 Å². The van der Waals surface area contributed by atoms with Crippen LogP contribution in [-0.4, -0.2) is 9.67 Å². The molecule has 0 aliphatic heterocycles. The van der Waals surface area contributed by atoms with E-state index in [9.17, 15) is 5.11 Å². The van der Waals surface area contributed by atoms with Crippen LogP contribution in [0.25, 0.3) is 0 Å². The molecule has 0 spiro atoms. The molecule has 1 N–H and O–H groups in total. The number of rotatable bonds is 2. The first kappa shape index (κ1) is 9.93. The van der Waals surface area contributed by atoms with Crippen LogP contribution in [0.15, 0.2) is 12.3 Å². The normalized spacial score (nSPS) is 11.0. The van der Waals surface area contributed by atoms with Crippen LogP contribution in [0.5, 0.6) is 0 Å². The summed E-state index contributed by atoms with van der Waals surface area (Å²) >= 11 is 0. The molecular weight excluding hydrogens is 176 g/mol. The highest BCUT2D eigenvalue weighted by molar-refractivity contribution is 5.33. The van der Waals surface area contributed by atoms with Crippen LogP contribution in [0.1, 0.15) is 17.4 Å². The molecule has 1 rings (SSSR count). The van der Waals surface area contributed by atoms with Crippen molar-refractivity contribution < 1.29 is 5.11 Å². The maximum Gasteiger partial charge on any atom is 0.141 e. The molecular formula is C11H8N2O. The van der Waals surface area contributed by atoms with Gasteiger partial charge in [0.25, 0.3) is 0 Å². The Morgan fingerprint density at radius 2 is 2.29 bits per heavy atom. The molecule has 0 radical (unpaired) electrons. The lowest BCUT2D eigenvalue weighted by Gasteiger charge is -1.98. The molecule has 3 nitrogen and oxygen atoms in total. The van der Waals surface area contributed by atoms with Gasteiger partial charge in [0.05, 0.1) is 6.54 Å². The maximum atomic E-state index is 9.32. The highest BCUT2D eigenvalue weighted by Crippen LogP contribution is 2.15. The molecule has 0 bridgehead atoms. The number of aromatic nitrogens is 1. The smallest absolute Gasteiger partial charge is 0.141 e. The van der Waals surface area contributed by atoms with Crippen molar-refractivity contribution in [1.82, 2.24) is 4.57 Å². The fraction of sp³-hybridized carbons (Fsp3) is 0.182. The number of nitriles is 1. The number of aliphatic hydroxyl groups is 1. The summed E-state index contributed by atoms with van der Waals surface area (Å²) in [5.74, 6) is 4.58. The van der Waals surface area contributed by atoms with E-state index in [-0.39, 0.29) is 0 Å². The van der Waals surface area contributed by atoms with Gasteiger partial charge in [-0.1, -0.05) is 11.8 Å². The zero-order valence-corrected chi connectivity index (χ0v) is 7.44. The molecule has 1 aromatic rings. The van der Waals surface area contributed by atoms with E-state index >= 15 is 0 Å². The average Bonchev–Trinajstić information content (AvgIpc) is 2.60. The SMILES string of the molecule is C#CCn1cc(C(O)C#C)cc1C#N.